The SMILES string of the molecule is CC(S)SOCCc1ccc(O)c(O)c1. The molecule has 0 aliphatic heterocycles. The summed E-state index contributed by atoms with van der Waals surface area (Å²) in [5, 5.41) is 18.3. The van der Waals surface area contributed by atoms with E-state index in [1.165, 1.54) is 24.2 Å². The topological polar surface area (TPSA) is 49.7 Å². The summed E-state index contributed by atoms with van der Waals surface area (Å²) < 4.78 is 5.42. The maximum atomic E-state index is 9.24. The Morgan fingerprint density at radius 2 is 2.13 bits per heavy atom. The minimum Gasteiger partial charge on any atom is -0.504 e. The molecule has 5 heteroatoms. The molecule has 1 rings (SSSR count). The van der Waals surface area contributed by atoms with Crippen LogP contribution in [0, 0.1) is 0 Å². The number of rotatable bonds is 5. The fourth-order valence-corrected chi connectivity index (χ4v) is 1.59. The van der Waals surface area contributed by atoms with Crippen molar-refractivity contribution in [2.75, 3.05) is 6.61 Å². The van der Waals surface area contributed by atoms with Crippen LogP contribution >= 0.6 is 24.7 Å². The van der Waals surface area contributed by atoms with Crippen LogP contribution in [0.25, 0.3) is 0 Å². The third kappa shape index (κ3) is 4.68. The molecule has 0 bridgehead atoms. The number of benzene rings is 1. The zero-order chi connectivity index (χ0) is 11.3. The highest BCUT2D eigenvalue weighted by Crippen LogP contribution is 2.25. The second-order valence-corrected chi connectivity index (χ2v) is 5.35. The van der Waals surface area contributed by atoms with Crippen LogP contribution < -0.4 is 0 Å². The van der Waals surface area contributed by atoms with E-state index in [0.717, 1.165) is 5.56 Å². The summed E-state index contributed by atoms with van der Waals surface area (Å²) in [5.41, 5.74) is 0.928. The lowest BCUT2D eigenvalue weighted by molar-refractivity contribution is 0.376. The summed E-state index contributed by atoms with van der Waals surface area (Å²) >= 11 is 5.46. The number of thiol groups is 1. The van der Waals surface area contributed by atoms with E-state index in [1.807, 2.05) is 6.92 Å². The second-order valence-electron chi connectivity index (χ2n) is 3.09. The van der Waals surface area contributed by atoms with Gasteiger partial charge in [0.25, 0.3) is 0 Å². The van der Waals surface area contributed by atoms with Gasteiger partial charge in [-0.05, 0) is 31.0 Å². The molecule has 84 valence electrons. The molecule has 0 fully saturated rings. The first-order chi connectivity index (χ1) is 7.09. The second kappa shape index (κ2) is 6.15. The fourth-order valence-electron chi connectivity index (χ4n) is 1.03. The predicted molar refractivity (Wildman–Crippen MR) is 65.5 cm³/mol. The normalized spacial score (nSPS) is 12.7. The standard InChI is InChI=1S/C10H14O3S2/c1-7(14)15-13-5-4-8-2-3-9(11)10(12)6-8/h2-3,6-7,11-12,14H,4-5H2,1H3. The van der Waals surface area contributed by atoms with E-state index in [4.69, 9.17) is 9.29 Å². The van der Waals surface area contributed by atoms with Gasteiger partial charge in [-0.15, -0.1) is 0 Å². The minimum atomic E-state index is -0.0991. The molecule has 0 aliphatic carbocycles. The molecule has 0 radical (unpaired) electrons. The van der Waals surface area contributed by atoms with E-state index in [1.54, 1.807) is 6.07 Å². The van der Waals surface area contributed by atoms with Crippen LogP contribution in [0.2, 0.25) is 0 Å². The first-order valence-electron chi connectivity index (χ1n) is 4.57. The summed E-state index contributed by atoms with van der Waals surface area (Å²) in [6.07, 6.45) is 0.696. The Kier molecular flexibility index (Phi) is 5.14. The molecular weight excluding hydrogens is 232 g/mol. The number of phenolic OH excluding ortho intramolecular Hbond substituents is 2. The highest BCUT2D eigenvalue weighted by molar-refractivity contribution is 8.07. The molecule has 1 unspecified atom stereocenters. The van der Waals surface area contributed by atoms with Crippen LogP contribution in [-0.2, 0) is 10.6 Å². The van der Waals surface area contributed by atoms with Crippen LogP contribution in [0.5, 0.6) is 11.5 Å². The molecule has 0 saturated heterocycles. The summed E-state index contributed by atoms with van der Waals surface area (Å²) in [6, 6.07) is 4.76. The molecule has 15 heavy (non-hydrogen) atoms. The van der Waals surface area contributed by atoms with Gasteiger partial charge in [-0.25, -0.2) is 0 Å². The van der Waals surface area contributed by atoms with Gasteiger partial charge >= 0.3 is 0 Å². The molecule has 0 amide bonds. The molecule has 0 saturated carbocycles. The van der Waals surface area contributed by atoms with E-state index < -0.39 is 0 Å². The smallest absolute Gasteiger partial charge is 0.157 e. The van der Waals surface area contributed by atoms with Crippen molar-refractivity contribution in [1.29, 1.82) is 0 Å². The van der Waals surface area contributed by atoms with Gasteiger partial charge in [-0.1, -0.05) is 6.07 Å². The van der Waals surface area contributed by atoms with Gasteiger partial charge in [0.05, 0.1) is 11.2 Å². The molecule has 0 heterocycles. The summed E-state index contributed by atoms with van der Waals surface area (Å²) in [7, 11) is 0. The maximum Gasteiger partial charge on any atom is 0.157 e. The van der Waals surface area contributed by atoms with Crippen LogP contribution in [0.1, 0.15) is 12.5 Å². The number of aromatic hydroxyl groups is 2. The molecule has 2 N–H and O–H groups in total. The van der Waals surface area contributed by atoms with Gasteiger partial charge in [0, 0.05) is 12.0 Å². The van der Waals surface area contributed by atoms with E-state index in [9.17, 15) is 5.11 Å². The van der Waals surface area contributed by atoms with E-state index in [0.29, 0.717) is 13.0 Å². The number of hydrogen-bond donors (Lipinski definition) is 3. The molecule has 0 spiro atoms. The highest BCUT2D eigenvalue weighted by Gasteiger charge is 2.01. The molecule has 1 aromatic carbocycles. The average molecular weight is 246 g/mol. The van der Waals surface area contributed by atoms with Gasteiger partial charge in [-0.3, -0.25) is 0 Å². The van der Waals surface area contributed by atoms with Crippen LogP contribution in [0.15, 0.2) is 18.2 Å². The largest absolute Gasteiger partial charge is 0.504 e. The lowest BCUT2D eigenvalue weighted by Crippen LogP contribution is -1.95. The maximum absolute atomic E-state index is 9.24. The van der Waals surface area contributed by atoms with Gasteiger partial charge in [0.2, 0.25) is 0 Å². The number of phenols is 2. The van der Waals surface area contributed by atoms with E-state index >= 15 is 0 Å². The molecule has 1 aromatic rings. The minimum absolute atomic E-state index is 0.0947. The zero-order valence-corrected chi connectivity index (χ0v) is 10.1. The van der Waals surface area contributed by atoms with Gasteiger partial charge in [0.1, 0.15) is 0 Å². The molecular formula is C10H14O3S2. The molecule has 1 atom stereocenters. The zero-order valence-electron chi connectivity index (χ0n) is 8.38. The lowest BCUT2D eigenvalue weighted by Gasteiger charge is -2.05. The van der Waals surface area contributed by atoms with Crippen LogP contribution in [-0.4, -0.2) is 21.4 Å². The monoisotopic (exact) mass is 246 g/mol. The van der Waals surface area contributed by atoms with Crippen molar-refractivity contribution in [3.63, 3.8) is 0 Å². The van der Waals surface area contributed by atoms with E-state index in [-0.39, 0.29) is 16.1 Å². The van der Waals surface area contributed by atoms with E-state index in [2.05, 4.69) is 12.6 Å². The first-order valence-corrected chi connectivity index (χ1v) is 5.89. The van der Waals surface area contributed by atoms with Crippen molar-refractivity contribution in [3.8, 4) is 11.5 Å². The molecule has 0 aromatic heterocycles. The van der Waals surface area contributed by atoms with Crippen LogP contribution in [0.4, 0.5) is 0 Å². The lowest BCUT2D eigenvalue weighted by atomic mass is 10.1. The Hall–Kier alpha value is -0.520. The predicted octanol–water partition coefficient (Wildman–Crippen LogP) is 2.58. The highest BCUT2D eigenvalue weighted by atomic mass is 32.2. The third-order valence-electron chi connectivity index (χ3n) is 1.72. The Labute approximate surface area is 99.1 Å². The van der Waals surface area contributed by atoms with Gasteiger partial charge in [-0.2, -0.15) is 12.6 Å². The first kappa shape index (κ1) is 12.5. The number of hydrogen-bond acceptors (Lipinski definition) is 5. The van der Waals surface area contributed by atoms with Crippen molar-refractivity contribution in [2.45, 2.75) is 17.9 Å². The quantitative estimate of drug-likeness (QED) is 0.246. The van der Waals surface area contributed by atoms with Crippen molar-refractivity contribution < 1.29 is 14.4 Å². The van der Waals surface area contributed by atoms with Crippen molar-refractivity contribution in [2.24, 2.45) is 0 Å². The Bertz CT molecular complexity index is 316. The molecule has 0 aliphatic rings. The summed E-state index contributed by atoms with van der Waals surface area (Å²) in [4.78, 5) is 0. The van der Waals surface area contributed by atoms with Crippen molar-refractivity contribution in [3.05, 3.63) is 23.8 Å². The van der Waals surface area contributed by atoms with Crippen molar-refractivity contribution in [1.82, 2.24) is 0 Å². The van der Waals surface area contributed by atoms with Gasteiger partial charge in [0.15, 0.2) is 11.5 Å². The third-order valence-corrected chi connectivity index (χ3v) is 2.56. The average Bonchev–Trinajstić information content (AvgIpc) is 2.18. The van der Waals surface area contributed by atoms with Crippen molar-refractivity contribution >= 4 is 24.7 Å². The molecule has 3 nitrogen and oxygen atoms in total. The Morgan fingerprint density at radius 1 is 1.40 bits per heavy atom. The summed E-state index contributed by atoms with van der Waals surface area (Å²) in [6.45, 7) is 2.49. The Morgan fingerprint density at radius 3 is 2.73 bits per heavy atom. The Balaban J connectivity index is 2.35. The summed E-state index contributed by atoms with van der Waals surface area (Å²) in [5.74, 6) is -0.194. The van der Waals surface area contributed by atoms with Crippen LogP contribution in [0.3, 0.4) is 0 Å². The fraction of sp³-hybridized carbons (Fsp3) is 0.400. The van der Waals surface area contributed by atoms with Gasteiger partial charge < -0.3 is 14.4 Å².